The minimum absolute atomic E-state index is 0.0121. The fraction of sp³-hybridized carbons (Fsp3) is 0.623. The second-order valence-corrected chi connectivity index (χ2v) is 27.7. The lowest BCUT2D eigenvalue weighted by Gasteiger charge is -2.41. The number of piperidine rings is 2. The Balaban J connectivity index is 0.000000191. The van der Waals surface area contributed by atoms with Crippen molar-refractivity contribution in [1.82, 2.24) is 43.8 Å². The zero-order valence-corrected chi connectivity index (χ0v) is 53.9. The van der Waals surface area contributed by atoms with Crippen molar-refractivity contribution in [2.75, 3.05) is 74.5 Å². The molecule has 4 saturated heterocycles. The van der Waals surface area contributed by atoms with Crippen LogP contribution in [-0.4, -0.2) is 118 Å². The lowest BCUT2D eigenvalue weighted by Crippen LogP contribution is -2.48. The van der Waals surface area contributed by atoms with Gasteiger partial charge in [0.05, 0.1) is 16.3 Å². The highest BCUT2D eigenvalue weighted by Crippen LogP contribution is 2.44. The summed E-state index contributed by atoms with van der Waals surface area (Å²) in [6.45, 7) is 17.9. The Morgan fingerprint density at radius 3 is 1.76 bits per heavy atom. The number of alkyl halides is 4. The van der Waals surface area contributed by atoms with Gasteiger partial charge in [-0.25, -0.2) is 41.9 Å². The van der Waals surface area contributed by atoms with Crippen molar-refractivity contribution in [3.05, 3.63) is 127 Å². The summed E-state index contributed by atoms with van der Waals surface area (Å²) in [7, 11) is -0.824. The number of aromatic nitrogens is 6. The van der Waals surface area contributed by atoms with Crippen molar-refractivity contribution in [2.24, 2.45) is 11.8 Å². The van der Waals surface area contributed by atoms with Crippen LogP contribution in [0.1, 0.15) is 195 Å². The van der Waals surface area contributed by atoms with Crippen molar-refractivity contribution in [1.29, 1.82) is 0 Å². The summed E-state index contributed by atoms with van der Waals surface area (Å²) < 4.78 is 93.8. The van der Waals surface area contributed by atoms with Crippen molar-refractivity contribution >= 4 is 44.5 Å². The van der Waals surface area contributed by atoms with E-state index in [4.69, 9.17) is 0 Å². The van der Waals surface area contributed by atoms with E-state index in [0.717, 1.165) is 151 Å². The minimum atomic E-state index is -3.25. The molecule has 6 aromatic rings. The number of anilines is 2. The average Bonchev–Trinajstić information content (AvgIpc) is 0.949. The van der Waals surface area contributed by atoms with Gasteiger partial charge in [-0.3, -0.25) is 22.9 Å². The van der Waals surface area contributed by atoms with Gasteiger partial charge in [-0.15, -0.1) is 0 Å². The molecule has 89 heavy (non-hydrogen) atoms. The number of benzene rings is 2. The molecule has 0 amide bonds. The number of aryl methyl sites for hydroxylation is 2. The van der Waals surface area contributed by atoms with Gasteiger partial charge in [-0.05, 0) is 166 Å². The summed E-state index contributed by atoms with van der Waals surface area (Å²) in [6, 6.07) is 15.0. The number of hydrogen-bond acceptors (Lipinski definition) is 12. The summed E-state index contributed by atoms with van der Waals surface area (Å²) in [6.07, 6.45) is 16.9. The first-order valence-electron chi connectivity index (χ1n) is 33.5. The number of nitrogens with zero attached hydrogens (tertiary/aromatic N) is 9. The van der Waals surface area contributed by atoms with Crippen LogP contribution in [0.2, 0.25) is 0 Å². The van der Waals surface area contributed by atoms with E-state index >= 15 is 22.0 Å². The number of halogens is 5. The number of hydrogen-bond donors (Lipinski definition) is 2. The maximum absolute atomic E-state index is 15.8. The van der Waals surface area contributed by atoms with E-state index in [1.54, 1.807) is 27.3 Å². The molecule has 14 nitrogen and oxygen atoms in total. The molecule has 484 valence electrons. The Hall–Kier alpha value is -5.70. The van der Waals surface area contributed by atoms with Crippen molar-refractivity contribution in [2.45, 2.75) is 199 Å². The van der Waals surface area contributed by atoms with E-state index in [1.165, 1.54) is 30.9 Å². The van der Waals surface area contributed by atoms with E-state index in [0.29, 0.717) is 84.9 Å². The van der Waals surface area contributed by atoms with Crippen LogP contribution in [0.3, 0.4) is 0 Å². The highest BCUT2D eigenvalue weighted by Gasteiger charge is 2.45. The van der Waals surface area contributed by atoms with Gasteiger partial charge in [0.15, 0.2) is 0 Å². The second-order valence-electron chi connectivity index (χ2n) is 26.0. The van der Waals surface area contributed by atoms with Crippen LogP contribution in [0.25, 0.3) is 22.1 Å². The van der Waals surface area contributed by atoms with Crippen LogP contribution in [0, 0.1) is 17.7 Å². The maximum atomic E-state index is 15.8. The number of nitrogens with one attached hydrogen (secondary N) is 2. The van der Waals surface area contributed by atoms with Crippen LogP contribution in [0.15, 0.2) is 76.8 Å². The quantitative estimate of drug-likeness (QED) is 0.163. The van der Waals surface area contributed by atoms with Gasteiger partial charge in [0.1, 0.15) is 41.4 Å². The van der Waals surface area contributed by atoms with Gasteiger partial charge < -0.3 is 25.3 Å². The topological polar surface area (TPSA) is 146 Å². The predicted octanol–water partition coefficient (Wildman–Crippen LogP) is 13.9. The predicted molar refractivity (Wildman–Crippen MR) is 347 cm³/mol. The Morgan fingerprint density at radius 1 is 0.618 bits per heavy atom. The molecule has 8 aliphatic heterocycles. The molecule has 16 bridgehead atoms. The third-order valence-corrected chi connectivity index (χ3v) is 21.2. The maximum Gasteiger partial charge on any atom is 0.278 e. The first-order valence-corrected chi connectivity index (χ1v) is 35.0. The first-order chi connectivity index (χ1) is 43.0. The Morgan fingerprint density at radius 2 is 1.16 bits per heavy atom. The van der Waals surface area contributed by atoms with Crippen LogP contribution in [0.5, 0.6) is 0 Å². The molecule has 8 aliphatic rings. The van der Waals surface area contributed by atoms with Gasteiger partial charge >= 0.3 is 0 Å². The largest absolute Gasteiger partial charge is 0.365 e. The van der Waals surface area contributed by atoms with Crippen molar-refractivity contribution in [3.63, 3.8) is 0 Å². The van der Waals surface area contributed by atoms with E-state index in [1.807, 2.05) is 39.0 Å². The fourth-order valence-electron chi connectivity index (χ4n) is 14.5. The number of rotatable bonds is 3. The lowest BCUT2D eigenvalue weighted by molar-refractivity contribution is -0.0880. The Bertz CT molecular complexity index is 3480. The fourth-order valence-corrected chi connectivity index (χ4v) is 15.7. The second kappa shape index (κ2) is 30.2. The highest BCUT2D eigenvalue weighted by atomic mass is 32.2. The molecule has 0 saturated carbocycles. The SMILES string of the molecule is CC.CC(C)N1CCC(c2cc3c4ncnc3n(c2=O)CCCCCCCN2CCC(CC2)C(F)(F)c2cccc(c2F)CN4)CC1.CC1Nc2ncnc3c2cc(C2CCS(=O)CC2)c(=O)n3CCCCCCCN2CC(C2)CC(F)(F)c2cccc1c2. The molecule has 0 radical (unpaired) electrons. The molecule has 14 rings (SSSR count). The van der Waals surface area contributed by atoms with E-state index in [2.05, 4.69) is 59.1 Å². The van der Waals surface area contributed by atoms with Gasteiger partial charge in [-0.1, -0.05) is 88.8 Å². The molecule has 20 heteroatoms. The standard InChI is InChI=1S/C35H47F3N6O.C32H41F2N5O2S.C2H6/c1-24(2)43-19-11-25(12-20-43)28-21-29-32-39-22-26-9-8-10-30(31(26)36)35(37,38)27-13-17-42(18-14-27)15-6-4-3-5-7-16-44(34(28)45)33(29)41-23-40-32;1-22-25-8-7-9-26(16-25)32(33,34)18-23-19-38(20-23)12-5-3-2-4-6-13-39-30-28(29(37-22)35-21-36-30)17-27(31(39)40)24-10-14-42(41)15-11-24;1-2/h8-10,21,23-25,27H,3-7,11-20,22H2,1-2H3,(H,39,40,41);7-9,16-17,21-24H,2-6,10-15,18-20H2,1H3,(H,35,36,37);1-2H3. The number of likely N-dealkylation sites (tertiary alicyclic amines) is 1. The normalized spacial score (nSPS) is 25.8. The monoisotopic (exact) mass is 1250 g/mol. The van der Waals surface area contributed by atoms with E-state index in [-0.39, 0.29) is 59.0 Å². The van der Waals surface area contributed by atoms with E-state index < -0.39 is 39.9 Å². The third-order valence-electron chi connectivity index (χ3n) is 19.8. The minimum Gasteiger partial charge on any atom is -0.365 e. The molecule has 1 atom stereocenters. The number of fused-ring (bicyclic) bond motifs is 17. The van der Waals surface area contributed by atoms with Crippen LogP contribution in [0.4, 0.5) is 33.6 Å². The molecule has 2 aromatic carbocycles. The highest BCUT2D eigenvalue weighted by molar-refractivity contribution is 7.85. The zero-order valence-electron chi connectivity index (χ0n) is 53.1. The molecule has 1 unspecified atom stereocenters. The van der Waals surface area contributed by atoms with Crippen LogP contribution >= 0.6 is 0 Å². The van der Waals surface area contributed by atoms with Gasteiger partial charge in [0, 0.05) is 102 Å². The number of pyridine rings is 2. The van der Waals surface area contributed by atoms with Gasteiger partial charge in [0.2, 0.25) is 0 Å². The van der Waals surface area contributed by atoms with Crippen LogP contribution in [-0.2, 0) is 42.3 Å². The Kier molecular flexibility index (Phi) is 22.4. The molecular weight excluding hydrogens is 1160 g/mol. The zero-order chi connectivity index (χ0) is 62.8. The molecular formula is C69H94F5N11O3S. The van der Waals surface area contributed by atoms with Crippen molar-refractivity contribution < 1.29 is 26.2 Å². The first kappa shape index (κ1) is 66.2. The smallest absolute Gasteiger partial charge is 0.278 e. The summed E-state index contributed by atoms with van der Waals surface area (Å²) in [5.41, 5.74) is 3.09. The molecule has 4 aromatic heterocycles. The average molecular weight is 1250 g/mol. The van der Waals surface area contributed by atoms with E-state index in [9.17, 15) is 13.8 Å². The van der Waals surface area contributed by atoms with Crippen molar-refractivity contribution in [3.8, 4) is 0 Å². The molecule has 0 spiro atoms. The summed E-state index contributed by atoms with van der Waals surface area (Å²) >= 11 is 0. The molecule has 4 fully saturated rings. The third kappa shape index (κ3) is 15.6. The van der Waals surface area contributed by atoms with Gasteiger partial charge in [-0.2, -0.15) is 0 Å². The summed E-state index contributed by atoms with van der Waals surface area (Å²) in [5, 5.41) is 8.14. The lowest BCUT2D eigenvalue weighted by atomic mass is 9.85. The molecule has 0 aliphatic carbocycles. The Labute approximate surface area is 524 Å². The molecule has 12 heterocycles. The molecule has 2 N–H and O–H groups in total. The summed E-state index contributed by atoms with van der Waals surface area (Å²) in [4.78, 5) is 53.0. The van der Waals surface area contributed by atoms with Gasteiger partial charge in [0.25, 0.3) is 23.0 Å². The summed E-state index contributed by atoms with van der Waals surface area (Å²) in [5.74, 6) is -5.41. The van der Waals surface area contributed by atoms with Crippen LogP contribution < -0.4 is 21.8 Å².